The summed E-state index contributed by atoms with van der Waals surface area (Å²) in [6.07, 6.45) is 0. The molecule has 0 atom stereocenters. The number of benzene rings is 1. The summed E-state index contributed by atoms with van der Waals surface area (Å²) in [4.78, 5) is 25.7. The molecule has 1 heterocycles. The van der Waals surface area contributed by atoms with E-state index in [1.807, 2.05) is 0 Å². The van der Waals surface area contributed by atoms with Gasteiger partial charge >= 0.3 is 6.03 Å². The minimum absolute atomic E-state index is 0.0374. The van der Waals surface area contributed by atoms with Gasteiger partial charge in [0.2, 0.25) is 5.91 Å². The van der Waals surface area contributed by atoms with Gasteiger partial charge in [0, 0.05) is 24.5 Å². The van der Waals surface area contributed by atoms with E-state index < -0.39 is 5.91 Å². The summed E-state index contributed by atoms with van der Waals surface area (Å²) in [5.74, 6) is -0.502. The monoisotopic (exact) mass is 234 g/mol. The van der Waals surface area contributed by atoms with Gasteiger partial charge < -0.3 is 16.4 Å². The Bertz CT molecular complexity index is 443. The number of nitrogens with zero attached hydrogens (tertiary/aromatic N) is 2. The first kappa shape index (κ1) is 11.3. The Labute approximate surface area is 98.8 Å². The maximum Gasteiger partial charge on any atom is 0.325 e. The number of hydrogen-bond donors (Lipinski definition) is 2. The molecule has 17 heavy (non-hydrogen) atoms. The summed E-state index contributed by atoms with van der Waals surface area (Å²) in [6.45, 7) is 1.02. The second kappa shape index (κ2) is 4.32. The van der Waals surface area contributed by atoms with E-state index in [1.165, 1.54) is 4.90 Å². The van der Waals surface area contributed by atoms with Crippen LogP contribution in [-0.2, 0) is 4.79 Å². The highest BCUT2D eigenvalue weighted by molar-refractivity contribution is 5.96. The van der Waals surface area contributed by atoms with Crippen LogP contribution in [0.3, 0.4) is 0 Å². The van der Waals surface area contributed by atoms with Gasteiger partial charge in [0.1, 0.15) is 6.54 Å². The zero-order valence-corrected chi connectivity index (χ0v) is 9.30. The van der Waals surface area contributed by atoms with Crippen molar-refractivity contribution in [1.82, 2.24) is 4.90 Å². The van der Waals surface area contributed by atoms with E-state index in [0.717, 1.165) is 5.69 Å². The number of urea groups is 1. The quantitative estimate of drug-likeness (QED) is 0.721. The molecule has 6 heteroatoms. The van der Waals surface area contributed by atoms with Crippen LogP contribution in [0.5, 0.6) is 0 Å². The number of anilines is 2. The molecule has 1 aliphatic heterocycles. The normalized spacial score (nSPS) is 15.4. The molecule has 3 amide bonds. The van der Waals surface area contributed by atoms with E-state index >= 15 is 0 Å². The lowest BCUT2D eigenvalue weighted by atomic mass is 10.2. The van der Waals surface area contributed by atoms with Gasteiger partial charge in [-0.25, -0.2) is 4.79 Å². The third kappa shape index (κ3) is 2.30. The van der Waals surface area contributed by atoms with Crippen molar-refractivity contribution in [3.63, 3.8) is 0 Å². The molecule has 1 aliphatic rings. The highest BCUT2D eigenvalue weighted by Gasteiger charge is 2.30. The van der Waals surface area contributed by atoms with Crippen molar-refractivity contribution in [3.8, 4) is 0 Å². The molecule has 1 fully saturated rings. The Balaban J connectivity index is 2.12. The molecule has 6 nitrogen and oxygen atoms in total. The zero-order chi connectivity index (χ0) is 12.4. The van der Waals surface area contributed by atoms with Gasteiger partial charge in [-0.3, -0.25) is 9.69 Å². The molecule has 4 N–H and O–H groups in total. The molecular formula is C11H14N4O2. The Kier molecular flexibility index (Phi) is 2.86. The van der Waals surface area contributed by atoms with Crippen LogP contribution < -0.4 is 16.4 Å². The Morgan fingerprint density at radius 1 is 1.24 bits per heavy atom. The van der Waals surface area contributed by atoms with Crippen LogP contribution in [0.4, 0.5) is 16.2 Å². The minimum Gasteiger partial charge on any atom is -0.399 e. The Hall–Kier alpha value is -2.24. The van der Waals surface area contributed by atoms with Gasteiger partial charge in [-0.2, -0.15) is 0 Å². The molecule has 2 rings (SSSR count). The molecule has 0 unspecified atom stereocenters. The van der Waals surface area contributed by atoms with Crippen molar-refractivity contribution in [2.24, 2.45) is 5.73 Å². The van der Waals surface area contributed by atoms with E-state index in [0.29, 0.717) is 18.8 Å². The number of hydrogen-bond acceptors (Lipinski definition) is 3. The van der Waals surface area contributed by atoms with Gasteiger partial charge in [0.25, 0.3) is 0 Å². The predicted molar refractivity (Wildman–Crippen MR) is 64.4 cm³/mol. The number of nitrogens with two attached hydrogens (primary N) is 2. The third-order valence-corrected chi connectivity index (χ3v) is 2.65. The lowest BCUT2D eigenvalue weighted by Crippen LogP contribution is -2.37. The SMILES string of the molecule is NC(=O)CN1CCN(c2ccc(N)cc2)C1=O. The average Bonchev–Trinajstić information content (AvgIpc) is 2.61. The number of amides is 3. The molecule has 90 valence electrons. The summed E-state index contributed by atoms with van der Waals surface area (Å²) >= 11 is 0. The van der Waals surface area contributed by atoms with E-state index in [1.54, 1.807) is 29.2 Å². The molecule has 0 bridgehead atoms. The summed E-state index contributed by atoms with van der Waals surface area (Å²) in [5.41, 5.74) is 12.1. The maximum atomic E-state index is 11.9. The van der Waals surface area contributed by atoms with Crippen molar-refractivity contribution in [2.75, 3.05) is 30.3 Å². The first-order valence-corrected chi connectivity index (χ1v) is 5.28. The second-order valence-corrected chi connectivity index (χ2v) is 3.91. The lowest BCUT2D eigenvalue weighted by Gasteiger charge is -2.17. The Morgan fingerprint density at radius 3 is 2.47 bits per heavy atom. The summed E-state index contributed by atoms with van der Waals surface area (Å²) in [7, 11) is 0. The number of primary amides is 1. The topological polar surface area (TPSA) is 92.7 Å². The van der Waals surface area contributed by atoms with Crippen LogP contribution >= 0.6 is 0 Å². The number of carbonyl (C=O) groups excluding carboxylic acids is 2. The zero-order valence-electron chi connectivity index (χ0n) is 9.30. The van der Waals surface area contributed by atoms with Crippen molar-refractivity contribution < 1.29 is 9.59 Å². The first-order valence-electron chi connectivity index (χ1n) is 5.28. The molecule has 1 aromatic rings. The molecule has 0 aromatic heterocycles. The fraction of sp³-hybridized carbons (Fsp3) is 0.273. The summed E-state index contributed by atoms with van der Waals surface area (Å²) in [5, 5.41) is 0. The van der Waals surface area contributed by atoms with E-state index in [2.05, 4.69) is 0 Å². The van der Waals surface area contributed by atoms with Gasteiger partial charge in [-0.05, 0) is 24.3 Å². The molecule has 0 radical (unpaired) electrons. The average molecular weight is 234 g/mol. The molecule has 1 saturated heterocycles. The molecular weight excluding hydrogens is 220 g/mol. The maximum absolute atomic E-state index is 11.9. The highest BCUT2D eigenvalue weighted by Crippen LogP contribution is 2.21. The van der Waals surface area contributed by atoms with Crippen molar-refractivity contribution in [3.05, 3.63) is 24.3 Å². The van der Waals surface area contributed by atoms with E-state index in [-0.39, 0.29) is 12.6 Å². The third-order valence-electron chi connectivity index (χ3n) is 2.65. The van der Waals surface area contributed by atoms with Crippen LogP contribution in [-0.4, -0.2) is 36.5 Å². The number of rotatable bonds is 3. The fourth-order valence-electron chi connectivity index (χ4n) is 1.81. The molecule has 0 aliphatic carbocycles. The number of nitrogen functional groups attached to an aromatic ring is 1. The highest BCUT2D eigenvalue weighted by atomic mass is 16.2. The summed E-state index contributed by atoms with van der Waals surface area (Å²) in [6, 6.07) is 6.83. The van der Waals surface area contributed by atoms with Gasteiger partial charge in [-0.15, -0.1) is 0 Å². The fourth-order valence-corrected chi connectivity index (χ4v) is 1.81. The van der Waals surface area contributed by atoms with Crippen LogP contribution in [0.1, 0.15) is 0 Å². The Morgan fingerprint density at radius 2 is 1.88 bits per heavy atom. The van der Waals surface area contributed by atoms with Crippen LogP contribution in [0, 0.1) is 0 Å². The minimum atomic E-state index is -0.502. The standard InChI is InChI=1S/C11H14N4O2/c12-8-1-3-9(4-2-8)15-6-5-14(11(15)17)7-10(13)16/h1-4H,5-7,12H2,(H2,13,16). The van der Waals surface area contributed by atoms with Crippen molar-refractivity contribution in [2.45, 2.75) is 0 Å². The molecule has 0 spiro atoms. The number of carbonyl (C=O) groups is 2. The van der Waals surface area contributed by atoms with Crippen LogP contribution in [0.25, 0.3) is 0 Å². The van der Waals surface area contributed by atoms with Crippen LogP contribution in [0.15, 0.2) is 24.3 Å². The van der Waals surface area contributed by atoms with Gasteiger partial charge in [-0.1, -0.05) is 0 Å². The molecule has 0 saturated carbocycles. The van der Waals surface area contributed by atoms with Gasteiger partial charge in [0.05, 0.1) is 0 Å². The van der Waals surface area contributed by atoms with Crippen molar-refractivity contribution >= 4 is 23.3 Å². The second-order valence-electron chi connectivity index (χ2n) is 3.91. The van der Waals surface area contributed by atoms with Crippen molar-refractivity contribution in [1.29, 1.82) is 0 Å². The van der Waals surface area contributed by atoms with Gasteiger partial charge in [0.15, 0.2) is 0 Å². The largest absolute Gasteiger partial charge is 0.399 e. The summed E-state index contributed by atoms with van der Waals surface area (Å²) < 4.78 is 0. The predicted octanol–water partition coefficient (Wildman–Crippen LogP) is -0.00390. The van der Waals surface area contributed by atoms with E-state index in [4.69, 9.17) is 11.5 Å². The smallest absolute Gasteiger partial charge is 0.325 e. The lowest BCUT2D eigenvalue weighted by molar-refractivity contribution is -0.118. The van der Waals surface area contributed by atoms with Crippen LogP contribution in [0.2, 0.25) is 0 Å². The first-order chi connectivity index (χ1) is 8.08. The molecule has 1 aromatic carbocycles. The van der Waals surface area contributed by atoms with E-state index in [9.17, 15) is 9.59 Å².